The molecule has 3 aliphatic heterocycles. The van der Waals surface area contributed by atoms with Gasteiger partial charge in [-0.2, -0.15) is 0 Å². The second-order valence-electron chi connectivity index (χ2n) is 13.9. The van der Waals surface area contributed by atoms with Gasteiger partial charge in [-0.05, 0) is 69.4 Å². The van der Waals surface area contributed by atoms with E-state index >= 15 is 0 Å². The molecule has 5 bridgehead atoms. The molecule has 6 aliphatic rings. The van der Waals surface area contributed by atoms with Gasteiger partial charge >= 0.3 is 29.8 Å². The molecule has 0 aromatic heterocycles. The van der Waals surface area contributed by atoms with Crippen molar-refractivity contribution in [2.24, 2.45) is 29.6 Å². The van der Waals surface area contributed by atoms with E-state index in [1.807, 2.05) is 0 Å². The molecular weight excluding hydrogens is 594 g/mol. The largest absolute Gasteiger partial charge is 0.466 e. The number of nitrogens with zero attached hydrogens (tertiary/aromatic N) is 1. The first kappa shape index (κ1) is 30.9. The normalized spacial score (nSPS) is 41.2. The lowest BCUT2D eigenvalue weighted by atomic mass is 9.51. The maximum atomic E-state index is 14.4. The lowest BCUT2D eigenvalue weighted by Gasteiger charge is -2.65. The van der Waals surface area contributed by atoms with Crippen LogP contribution < -0.4 is 4.74 Å². The van der Waals surface area contributed by atoms with Crippen LogP contribution in [0.5, 0.6) is 5.75 Å². The Labute approximate surface area is 267 Å². The zero-order chi connectivity index (χ0) is 32.7. The summed E-state index contributed by atoms with van der Waals surface area (Å²) in [6.45, 7) is 6.15. The quantitative estimate of drug-likeness (QED) is 0.258. The van der Waals surface area contributed by atoms with Crippen molar-refractivity contribution in [2.75, 3.05) is 7.11 Å². The minimum absolute atomic E-state index is 0.0187. The topological polar surface area (TPSA) is 135 Å². The van der Waals surface area contributed by atoms with E-state index in [2.05, 4.69) is 11.8 Å². The van der Waals surface area contributed by atoms with E-state index in [0.717, 1.165) is 19.3 Å². The Bertz CT molecular complexity index is 1520. The number of piperidine rings is 2. The molecule has 11 nitrogen and oxygen atoms in total. The Morgan fingerprint density at radius 1 is 0.870 bits per heavy atom. The van der Waals surface area contributed by atoms with E-state index in [9.17, 15) is 24.0 Å². The molecule has 11 heteroatoms. The zero-order valence-electron chi connectivity index (χ0n) is 26.9. The molecule has 1 aromatic rings. The third kappa shape index (κ3) is 4.15. The van der Waals surface area contributed by atoms with Gasteiger partial charge in [0.15, 0.2) is 0 Å². The Morgan fingerprint density at radius 3 is 2.22 bits per heavy atom. The summed E-state index contributed by atoms with van der Waals surface area (Å²) >= 11 is 0. The molecule has 3 saturated heterocycles. The van der Waals surface area contributed by atoms with Crippen molar-refractivity contribution in [1.82, 2.24) is 4.90 Å². The van der Waals surface area contributed by atoms with Crippen LogP contribution in [0.2, 0.25) is 0 Å². The summed E-state index contributed by atoms with van der Waals surface area (Å²) in [7, 11) is 1.27. The lowest BCUT2D eigenvalue weighted by molar-refractivity contribution is -0.196. The first-order chi connectivity index (χ1) is 21.9. The highest BCUT2D eigenvalue weighted by Crippen LogP contribution is 2.76. The number of benzene rings is 1. The summed E-state index contributed by atoms with van der Waals surface area (Å²) in [5.41, 5.74) is -0.997. The number of para-hydroxylation sites is 1. The summed E-state index contributed by atoms with van der Waals surface area (Å²) in [5.74, 6) is -4.84. The van der Waals surface area contributed by atoms with Gasteiger partial charge in [-0.1, -0.05) is 18.2 Å². The number of carbonyl (C=O) groups excluding carboxylic acids is 5. The fourth-order valence-electron chi connectivity index (χ4n) is 11.1. The van der Waals surface area contributed by atoms with E-state index in [4.69, 9.17) is 23.7 Å². The van der Waals surface area contributed by atoms with Crippen molar-refractivity contribution in [3.05, 3.63) is 41.5 Å². The molecule has 3 heterocycles. The van der Waals surface area contributed by atoms with Crippen molar-refractivity contribution in [2.45, 2.75) is 102 Å². The summed E-state index contributed by atoms with van der Waals surface area (Å²) in [6, 6.07) is 8.90. The van der Waals surface area contributed by atoms with Gasteiger partial charge in [0.2, 0.25) is 0 Å². The minimum Gasteiger partial charge on any atom is -0.466 e. The van der Waals surface area contributed by atoms with Gasteiger partial charge in [-0.3, -0.25) is 24.1 Å². The SMILES string of the molecule is COC(=O)C1=C2[C@]3([C@H]4C[C@H]5[C@H](CC[C@H](C)N53)[C@@]2(OC(C)=O)C4)[C@H]2CC[C@@H](OC(C)=O)[C@@H](C(=O)Oc3ccccc3)[C@@H]2[C@H]1OC(C)=O. The van der Waals surface area contributed by atoms with Crippen LogP contribution in [0.4, 0.5) is 0 Å². The van der Waals surface area contributed by atoms with Crippen LogP contribution in [-0.4, -0.2) is 77.3 Å². The molecule has 1 aromatic carbocycles. The predicted molar refractivity (Wildman–Crippen MR) is 160 cm³/mol. The number of fused-ring (bicyclic) bond motifs is 2. The first-order valence-electron chi connectivity index (χ1n) is 16.4. The van der Waals surface area contributed by atoms with E-state index in [0.29, 0.717) is 30.6 Å². The van der Waals surface area contributed by atoms with Gasteiger partial charge in [-0.25, -0.2) is 4.79 Å². The molecule has 246 valence electrons. The van der Waals surface area contributed by atoms with Crippen LogP contribution in [0.1, 0.15) is 66.2 Å². The molecule has 0 amide bonds. The fourth-order valence-corrected chi connectivity index (χ4v) is 11.1. The van der Waals surface area contributed by atoms with Crippen molar-refractivity contribution in [1.29, 1.82) is 0 Å². The Kier molecular flexibility index (Phi) is 7.34. The van der Waals surface area contributed by atoms with Gasteiger partial charge < -0.3 is 23.7 Å². The van der Waals surface area contributed by atoms with Crippen LogP contribution in [0, 0.1) is 29.6 Å². The molecule has 1 spiro atoms. The van der Waals surface area contributed by atoms with Gasteiger partial charge in [0, 0.05) is 50.3 Å². The summed E-state index contributed by atoms with van der Waals surface area (Å²) in [5, 5.41) is 0. The third-order valence-electron chi connectivity index (χ3n) is 11.8. The number of rotatable bonds is 6. The second-order valence-corrected chi connectivity index (χ2v) is 13.9. The number of esters is 5. The lowest BCUT2D eigenvalue weighted by Crippen LogP contribution is -2.74. The highest BCUT2D eigenvalue weighted by Gasteiger charge is 2.83. The zero-order valence-corrected chi connectivity index (χ0v) is 26.9. The van der Waals surface area contributed by atoms with Crippen molar-refractivity contribution in [3.63, 3.8) is 0 Å². The Balaban J connectivity index is 1.50. The minimum atomic E-state index is -1.23. The van der Waals surface area contributed by atoms with Crippen LogP contribution in [-0.2, 0) is 42.9 Å². The number of ether oxygens (including phenoxy) is 5. The highest BCUT2D eigenvalue weighted by molar-refractivity contribution is 5.94. The van der Waals surface area contributed by atoms with E-state index in [1.54, 1.807) is 30.3 Å². The van der Waals surface area contributed by atoms with Gasteiger partial charge in [-0.15, -0.1) is 0 Å². The average Bonchev–Trinajstić information content (AvgIpc) is 3.40. The third-order valence-corrected chi connectivity index (χ3v) is 11.8. The van der Waals surface area contributed by atoms with Crippen molar-refractivity contribution in [3.8, 4) is 5.75 Å². The molecule has 1 unspecified atom stereocenters. The first-order valence-corrected chi connectivity index (χ1v) is 16.4. The summed E-state index contributed by atoms with van der Waals surface area (Å²) in [6.07, 6.45) is 1.90. The molecule has 5 fully saturated rings. The van der Waals surface area contributed by atoms with E-state index in [-0.39, 0.29) is 35.4 Å². The van der Waals surface area contributed by atoms with E-state index < -0.39 is 65.0 Å². The predicted octanol–water partition coefficient (Wildman–Crippen LogP) is 3.53. The Morgan fingerprint density at radius 2 is 1.57 bits per heavy atom. The number of hydrogen-bond donors (Lipinski definition) is 0. The van der Waals surface area contributed by atoms with Crippen molar-refractivity contribution < 1.29 is 47.7 Å². The molecule has 46 heavy (non-hydrogen) atoms. The molecule has 12 atom stereocenters. The molecule has 7 rings (SSSR count). The Hall–Kier alpha value is -3.73. The second kappa shape index (κ2) is 10.9. The van der Waals surface area contributed by atoms with Gasteiger partial charge in [0.25, 0.3) is 0 Å². The molecule has 0 N–H and O–H groups in total. The van der Waals surface area contributed by atoms with E-state index in [1.165, 1.54) is 27.9 Å². The number of hydrogen-bond acceptors (Lipinski definition) is 11. The molecular formula is C35H41NO10. The number of carbonyl (C=O) groups is 5. The van der Waals surface area contributed by atoms with Crippen LogP contribution in [0.15, 0.2) is 41.5 Å². The molecule has 3 aliphatic carbocycles. The summed E-state index contributed by atoms with van der Waals surface area (Å²) in [4.78, 5) is 69.3. The standard InChI is InChI=1S/C35H41NO10/c1-17-11-12-23-25-15-21-16-34(23,46-20(4)39)31-29(32(40)42-5)30(44-19(3)38)27-24(35(21,31)36(17)25)13-14-26(43-18(2)37)28(27)33(41)45-22-9-7-6-8-10-22/h6-10,17,21,23-28,30H,11-16H2,1-5H3/t17-,21-,23-,24-,25-,26+,27+,28+,30+,34-,35-/m0/s1. The number of methoxy groups -OCH3 is 1. The molecule has 0 radical (unpaired) electrons. The fraction of sp³-hybridized carbons (Fsp3) is 0.629. The summed E-state index contributed by atoms with van der Waals surface area (Å²) < 4.78 is 29.7. The highest BCUT2D eigenvalue weighted by atomic mass is 16.6. The van der Waals surface area contributed by atoms with Crippen molar-refractivity contribution >= 4 is 29.8 Å². The maximum Gasteiger partial charge on any atom is 0.337 e. The van der Waals surface area contributed by atoms with Gasteiger partial charge in [0.1, 0.15) is 29.5 Å². The molecule has 2 saturated carbocycles. The van der Waals surface area contributed by atoms with Crippen LogP contribution >= 0.6 is 0 Å². The average molecular weight is 636 g/mol. The maximum absolute atomic E-state index is 14.4. The smallest absolute Gasteiger partial charge is 0.337 e. The van der Waals surface area contributed by atoms with Crippen LogP contribution in [0.3, 0.4) is 0 Å². The monoisotopic (exact) mass is 635 g/mol. The van der Waals surface area contributed by atoms with Gasteiger partial charge in [0.05, 0.1) is 18.2 Å². The van der Waals surface area contributed by atoms with Crippen LogP contribution in [0.25, 0.3) is 0 Å².